The molecule has 1 aromatic heterocycles. The summed E-state index contributed by atoms with van der Waals surface area (Å²) in [5, 5.41) is 5.50. The van der Waals surface area contributed by atoms with E-state index >= 15 is 0 Å². The standard InChI is InChI=1S/C18H29N5O2/c1-13-7-5-6-10-23(13)17(24)14(2)21-18(25)20-12-15-8-9-16(19-11-15)22(3)4/h8-9,11,13-14H,5-7,10,12H2,1-4H3,(H2,20,21,25)/t13-,14+/m1/s1. The third-order valence-electron chi connectivity index (χ3n) is 4.52. The van der Waals surface area contributed by atoms with Gasteiger partial charge in [-0.15, -0.1) is 0 Å². The van der Waals surface area contributed by atoms with Crippen LogP contribution in [0.25, 0.3) is 0 Å². The van der Waals surface area contributed by atoms with Crippen LogP contribution in [0.2, 0.25) is 0 Å². The number of nitrogens with zero attached hydrogens (tertiary/aromatic N) is 3. The van der Waals surface area contributed by atoms with E-state index in [0.717, 1.165) is 37.2 Å². The van der Waals surface area contributed by atoms with E-state index in [0.29, 0.717) is 6.54 Å². The minimum absolute atomic E-state index is 0.0145. The fourth-order valence-electron chi connectivity index (χ4n) is 2.95. The van der Waals surface area contributed by atoms with Crippen molar-refractivity contribution in [3.8, 4) is 0 Å². The van der Waals surface area contributed by atoms with Crippen LogP contribution in [0.15, 0.2) is 18.3 Å². The fraction of sp³-hybridized carbons (Fsp3) is 0.611. The van der Waals surface area contributed by atoms with E-state index in [9.17, 15) is 9.59 Å². The number of likely N-dealkylation sites (tertiary alicyclic amines) is 1. The van der Waals surface area contributed by atoms with Crippen LogP contribution in [-0.4, -0.2) is 54.5 Å². The molecule has 0 aliphatic carbocycles. The second kappa shape index (κ2) is 8.69. The van der Waals surface area contributed by atoms with Crippen LogP contribution in [0, 0.1) is 0 Å². The lowest BCUT2D eigenvalue weighted by molar-refractivity contribution is -0.136. The minimum atomic E-state index is -0.533. The summed E-state index contributed by atoms with van der Waals surface area (Å²) < 4.78 is 0. The highest BCUT2D eigenvalue weighted by atomic mass is 16.2. The third kappa shape index (κ3) is 5.34. The predicted molar refractivity (Wildman–Crippen MR) is 98.4 cm³/mol. The Labute approximate surface area is 149 Å². The van der Waals surface area contributed by atoms with E-state index in [4.69, 9.17) is 0 Å². The first-order chi connectivity index (χ1) is 11.9. The second-order valence-electron chi connectivity index (χ2n) is 6.84. The molecule has 2 rings (SSSR count). The number of hydrogen-bond acceptors (Lipinski definition) is 4. The molecule has 1 aromatic rings. The lowest BCUT2D eigenvalue weighted by Gasteiger charge is -2.35. The Morgan fingerprint density at radius 2 is 2.12 bits per heavy atom. The van der Waals surface area contributed by atoms with Crippen LogP contribution < -0.4 is 15.5 Å². The molecule has 7 heteroatoms. The molecule has 2 atom stereocenters. The van der Waals surface area contributed by atoms with E-state index in [2.05, 4.69) is 22.5 Å². The average Bonchev–Trinajstić information content (AvgIpc) is 2.60. The number of aromatic nitrogens is 1. The molecule has 0 saturated carbocycles. The molecule has 1 aliphatic rings. The van der Waals surface area contributed by atoms with Crippen LogP contribution in [0.3, 0.4) is 0 Å². The van der Waals surface area contributed by atoms with Gasteiger partial charge in [0.05, 0.1) is 0 Å². The highest BCUT2D eigenvalue weighted by molar-refractivity contribution is 5.87. The van der Waals surface area contributed by atoms with E-state index in [1.54, 1.807) is 13.1 Å². The van der Waals surface area contributed by atoms with Crippen molar-refractivity contribution in [1.29, 1.82) is 0 Å². The summed E-state index contributed by atoms with van der Waals surface area (Å²) in [4.78, 5) is 32.6. The Hall–Kier alpha value is -2.31. The van der Waals surface area contributed by atoms with Crippen molar-refractivity contribution in [2.75, 3.05) is 25.5 Å². The summed E-state index contributed by atoms with van der Waals surface area (Å²) in [7, 11) is 3.85. The molecule has 7 nitrogen and oxygen atoms in total. The minimum Gasteiger partial charge on any atom is -0.363 e. The zero-order chi connectivity index (χ0) is 18.4. The SMILES string of the molecule is C[C@H](NC(=O)NCc1ccc(N(C)C)nc1)C(=O)N1CCCC[C@H]1C. The topological polar surface area (TPSA) is 77.6 Å². The molecule has 2 N–H and O–H groups in total. The average molecular weight is 347 g/mol. The molecule has 0 radical (unpaired) electrons. The van der Waals surface area contributed by atoms with Crippen molar-refractivity contribution in [1.82, 2.24) is 20.5 Å². The van der Waals surface area contributed by atoms with Gasteiger partial charge in [0, 0.05) is 39.4 Å². The first kappa shape index (κ1) is 19.0. The van der Waals surface area contributed by atoms with E-state index < -0.39 is 6.04 Å². The molecule has 1 fully saturated rings. The number of piperidine rings is 1. The Balaban J connectivity index is 1.79. The smallest absolute Gasteiger partial charge is 0.315 e. The number of carbonyl (C=O) groups excluding carboxylic acids is 2. The van der Waals surface area contributed by atoms with Gasteiger partial charge in [0.15, 0.2) is 0 Å². The van der Waals surface area contributed by atoms with Gasteiger partial charge in [-0.1, -0.05) is 6.07 Å². The van der Waals surface area contributed by atoms with E-state index in [1.165, 1.54) is 0 Å². The van der Waals surface area contributed by atoms with Crippen LogP contribution in [0.5, 0.6) is 0 Å². The molecule has 0 aromatic carbocycles. The number of carbonyl (C=O) groups is 2. The number of anilines is 1. The Morgan fingerprint density at radius 1 is 1.36 bits per heavy atom. The van der Waals surface area contributed by atoms with Crippen LogP contribution in [-0.2, 0) is 11.3 Å². The highest BCUT2D eigenvalue weighted by Gasteiger charge is 2.27. The van der Waals surface area contributed by atoms with Gasteiger partial charge < -0.3 is 20.4 Å². The second-order valence-corrected chi connectivity index (χ2v) is 6.84. The van der Waals surface area contributed by atoms with Crippen LogP contribution >= 0.6 is 0 Å². The first-order valence-corrected chi connectivity index (χ1v) is 8.85. The van der Waals surface area contributed by atoms with Gasteiger partial charge in [-0.2, -0.15) is 0 Å². The zero-order valence-electron chi connectivity index (χ0n) is 15.6. The number of rotatable bonds is 5. The quantitative estimate of drug-likeness (QED) is 0.850. The molecule has 138 valence electrons. The van der Waals surface area contributed by atoms with Crippen molar-refractivity contribution >= 4 is 17.8 Å². The largest absolute Gasteiger partial charge is 0.363 e. The molecule has 0 unspecified atom stereocenters. The lowest BCUT2D eigenvalue weighted by atomic mass is 10.0. The third-order valence-corrected chi connectivity index (χ3v) is 4.52. The normalized spacial score (nSPS) is 18.4. The number of urea groups is 1. The molecule has 0 spiro atoms. The lowest BCUT2D eigenvalue weighted by Crippen LogP contribution is -2.53. The van der Waals surface area contributed by atoms with Crippen molar-refractivity contribution in [3.63, 3.8) is 0 Å². The first-order valence-electron chi connectivity index (χ1n) is 8.85. The van der Waals surface area contributed by atoms with Crippen molar-refractivity contribution < 1.29 is 9.59 Å². The van der Waals surface area contributed by atoms with Gasteiger partial charge in [0.1, 0.15) is 11.9 Å². The maximum absolute atomic E-state index is 12.5. The zero-order valence-corrected chi connectivity index (χ0v) is 15.6. The van der Waals surface area contributed by atoms with Gasteiger partial charge in [-0.05, 0) is 44.7 Å². The summed E-state index contributed by atoms with van der Waals surface area (Å²) in [6.45, 7) is 4.94. The fourth-order valence-corrected chi connectivity index (χ4v) is 2.95. The summed E-state index contributed by atoms with van der Waals surface area (Å²) >= 11 is 0. The maximum Gasteiger partial charge on any atom is 0.315 e. The molecule has 0 bridgehead atoms. The summed E-state index contributed by atoms with van der Waals surface area (Å²) in [5.74, 6) is 0.849. The number of nitrogens with one attached hydrogen (secondary N) is 2. The van der Waals surface area contributed by atoms with Crippen molar-refractivity contribution in [3.05, 3.63) is 23.9 Å². The van der Waals surface area contributed by atoms with Crippen molar-refractivity contribution in [2.45, 2.75) is 51.7 Å². The van der Waals surface area contributed by atoms with Gasteiger partial charge in [-0.25, -0.2) is 9.78 Å². The molecule has 2 heterocycles. The monoisotopic (exact) mass is 347 g/mol. The number of hydrogen-bond donors (Lipinski definition) is 2. The van der Waals surface area contributed by atoms with Crippen molar-refractivity contribution in [2.24, 2.45) is 0 Å². The Kier molecular flexibility index (Phi) is 6.61. The molecule has 3 amide bonds. The Bertz CT molecular complexity index is 588. The van der Waals surface area contributed by atoms with Gasteiger partial charge in [-0.3, -0.25) is 4.79 Å². The molecular weight excluding hydrogens is 318 g/mol. The predicted octanol–water partition coefficient (Wildman–Crippen LogP) is 1.74. The van der Waals surface area contributed by atoms with Gasteiger partial charge >= 0.3 is 6.03 Å². The van der Waals surface area contributed by atoms with Gasteiger partial charge in [0.2, 0.25) is 5.91 Å². The number of pyridine rings is 1. The molecule has 1 aliphatic heterocycles. The maximum atomic E-state index is 12.5. The summed E-state index contributed by atoms with van der Waals surface area (Å²) in [6.07, 6.45) is 4.96. The van der Waals surface area contributed by atoms with E-state index in [-0.39, 0.29) is 18.0 Å². The molecular formula is C18H29N5O2. The highest BCUT2D eigenvalue weighted by Crippen LogP contribution is 2.17. The van der Waals surface area contributed by atoms with E-state index in [1.807, 2.05) is 36.0 Å². The molecule has 25 heavy (non-hydrogen) atoms. The van der Waals surface area contributed by atoms with Crippen LogP contribution in [0.1, 0.15) is 38.7 Å². The van der Waals surface area contributed by atoms with Gasteiger partial charge in [0.25, 0.3) is 0 Å². The number of amides is 3. The summed E-state index contributed by atoms with van der Waals surface area (Å²) in [6, 6.07) is 3.19. The van der Waals surface area contributed by atoms with Crippen LogP contribution in [0.4, 0.5) is 10.6 Å². The summed E-state index contributed by atoms with van der Waals surface area (Å²) in [5.41, 5.74) is 0.907. The Morgan fingerprint density at radius 3 is 2.72 bits per heavy atom. The molecule has 1 saturated heterocycles.